The average molecular weight is 251 g/mol. The van der Waals surface area contributed by atoms with Gasteiger partial charge >= 0.3 is 0 Å². The molecule has 3 heteroatoms. The maximum Gasteiger partial charge on any atom is 0 e. The van der Waals surface area contributed by atoms with Gasteiger partial charge < -0.3 is 21.5 Å². The van der Waals surface area contributed by atoms with Gasteiger partial charge in [-0.3, -0.25) is 5.57 Å². The molecule has 1 aliphatic heterocycles. The van der Waals surface area contributed by atoms with Crippen molar-refractivity contribution < 1.29 is 32.7 Å². The number of rotatable bonds is 1. The summed E-state index contributed by atoms with van der Waals surface area (Å²) in [5, 5.41) is 0. The van der Waals surface area contributed by atoms with Crippen LogP contribution in [0.2, 0.25) is 0 Å². The van der Waals surface area contributed by atoms with E-state index in [9.17, 15) is 0 Å². The van der Waals surface area contributed by atoms with E-state index in [-0.39, 0.29) is 32.7 Å². The van der Waals surface area contributed by atoms with E-state index in [1.54, 1.807) is 0 Å². The molecule has 0 unspecified atom stereocenters. The summed E-state index contributed by atoms with van der Waals surface area (Å²) < 4.78 is 0. The second-order valence-electron chi connectivity index (χ2n) is 2.89. The Balaban J connectivity index is 0.00000144. The van der Waals surface area contributed by atoms with Gasteiger partial charge in [0.05, 0.1) is 0 Å². The Morgan fingerprint density at radius 2 is 2.23 bits per heavy atom. The first-order chi connectivity index (χ1) is 5.65. The molecule has 2 nitrogen and oxygen atoms in total. The molecule has 0 atom stereocenters. The summed E-state index contributed by atoms with van der Waals surface area (Å²) in [5.74, 6) is 1.02. The first-order valence-electron chi connectivity index (χ1n) is 4.04. The Bertz CT molecular complexity index is 264. The van der Waals surface area contributed by atoms with Crippen molar-refractivity contribution in [1.82, 2.24) is 4.90 Å². The predicted octanol–water partition coefficient (Wildman–Crippen LogP) is 1.80. The van der Waals surface area contributed by atoms with Crippen molar-refractivity contribution in [1.29, 1.82) is 0 Å². The van der Waals surface area contributed by atoms with E-state index in [0.29, 0.717) is 0 Å². The summed E-state index contributed by atoms with van der Waals surface area (Å²) in [6, 6.07) is 0. The maximum atomic E-state index is 4.34. The second-order valence-corrected chi connectivity index (χ2v) is 2.89. The average Bonchev–Trinajstić information content (AvgIpc) is 2.08. The van der Waals surface area contributed by atoms with Crippen molar-refractivity contribution in [3.63, 3.8) is 0 Å². The van der Waals surface area contributed by atoms with Gasteiger partial charge in [-0.2, -0.15) is 6.20 Å². The molecule has 1 aliphatic rings. The molecule has 0 aromatic heterocycles. The molecule has 0 amide bonds. The van der Waals surface area contributed by atoms with Gasteiger partial charge in [-0.05, 0) is 19.4 Å². The molecular formula is C10H14N2Y-2. The smallest absolute Gasteiger partial charge is 0 e. The summed E-state index contributed by atoms with van der Waals surface area (Å²) in [6.45, 7) is 6.67. The van der Waals surface area contributed by atoms with Crippen molar-refractivity contribution in [2.45, 2.75) is 20.8 Å². The van der Waals surface area contributed by atoms with Gasteiger partial charge in [0.1, 0.15) is 0 Å². The third kappa shape index (κ3) is 3.36. The molecule has 0 aromatic carbocycles. The minimum atomic E-state index is 0. The van der Waals surface area contributed by atoms with Gasteiger partial charge in [0.15, 0.2) is 0 Å². The molecule has 0 N–H and O–H groups in total. The van der Waals surface area contributed by atoms with Crippen LogP contribution in [0.4, 0.5) is 0 Å². The molecule has 0 spiro atoms. The van der Waals surface area contributed by atoms with Crippen LogP contribution in [0.3, 0.4) is 0 Å². The minimum Gasteiger partial charge on any atom is -0.464 e. The third-order valence-corrected chi connectivity index (χ3v) is 2.08. The van der Waals surface area contributed by atoms with E-state index in [1.807, 2.05) is 32.7 Å². The molecular weight excluding hydrogens is 237 g/mol. The summed E-state index contributed by atoms with van der Waals surface area (Å²) in [5.41, 5.74) is 2.27. The van der Waals surface area contributed by atoms with Crippen LogP contribution < -0.4 is 0 Å². The van der Waals surface area contributed by atoms with Crippen LogP contribution in [0, 0.1) is 12.3 Å². The zero-order chi connectivity index (χ0) is 9.14. The monoisotopic (exact) mass is 251 g/mol. The molecule has 1 rings (SSSR count). The number of allylic oxidation sites excluding steroid dienone is 1. The molecule has 1 radical (unpaired) electrons. The summed E-state index contributed by atoms with van der Waals surface area (Å²) >= 11 is 0. The molecule has 13 heavy (non-hydrogen) atoms. The minimum absolute atomic E-state index is 0. The number of aliphatic imine (C=N–C) groups is 1. The Kier molecular flexibility index (Phi) is 5.74. The van der Waals surface area contributed by atoms with Gasteiger partial charge in [0.2, 0.25) is 0 Å². The van der Waals surface area contributed by atoms with Crippen molar-refractivity contribution in [3.05, 3.63) is 23.4 Å². The van der Waals surface area contributed by atoms with E-state index in [4.69, 9.17) is 0 Å². The van der Waals surface area contributed by atoms with Crippen LogP contribution in [0.5, 0.6) is 0 Å². The zero-order valence-electron chi connectivity index (χ0n) is 8.68. The molecule has 0 fully saturated rings. The van der Waals surface area contributed by atoms with E-state index in [1.165, 1.54) is 0 Å². The van der Waals surface area contributed by atoms with Crippen LogP contribution in [0.1, 0.15) is 20.8 Å². The quantitative estimate of drug-likeness (QED) is 0.649. The fraction of sp³-hybridized carbons (Fsp3) is 0.500. The van der Waals surface area contributed by atoms with Gasteiger partial charge in [0.25, 0.3) is 0 Å². The van der Waals surface area contributed by atoms with Crippen LogP contribution in [0.15, 0.2) is 16.1 Å². The molecule has 0 saturated carbocycles. The van der Waals surface area contributed by atoms with E-state index < -0.39 is 0 Å². The summed E-state index contributed by atoms with van der Waals surface area (Å²) in [7, 11) is 1.96. The SMILES string of the molecule is C[C-]=C(C)C1=[C-]N(C)C(C)=NC1.[Y]. The number of nitrogens with zero attached hydrogens (tertiary/aromatic N) is 2. The molecule has 0 saturated heterocycles. The molecule has 0 aliphatic carbocycles. The van der Waals surface area contributed by atoms with E-state index in [2.05, 4.69) is 17.3 Å². The Hall–Kier alpha value is 0.0539. The zero-order valence-corrected chi connectivity index (χ0v) is 11.5. The summed E-state index contributed by atoms with van der Waals surface area (Å²) in [6.07, 6.45) is 6.33. The second kappa shape index (κ2) is 5.71. The molecule has 0 bridgehead atoms. The van der Waals surface area contributed by atoms with Gasteiger partial charge in [-0.1, -0.05) is 6.92 Å². The van der Waals surface area contributed by atoms with Crippen molar-refractivity contribution in [2.24, 2.45) is 4.99 Å². The van der Waals surface area contributed by atoms with Crippen LogP contribution in [-0.4, -0.2) is 24.3 Å². The van der Waals surface area contributed by atoms with Gasteiger partial charge in [-0.15, -0.1) is 13.8 Å². The fourth-order valence-electron chi connectivity index (χ4n) is 0.972. The standard InChI is InChI=1S/C10H14N2.Y/c1-5-8(2)10-6-11-9(3)12(4)7-10;/h6H2,1-4H3;/q-2;. The normalized spacial score (nSPS) is 17.5. The summed E-state index contributed by atoms with van der Waals surface area (Å²) in [4.78, 5) is 6.26. The Labute approximate surface area is 106 Å². The molecule has 1 heterocycles. The van der Waals surface area contributed by atoms with Gasteiger partial charge in [-0.25, -0.2) is 0 Å². The van der Waals surface area contributed by atoms with Crippen molar-refractivity contribution >= 4 is 5.84 Å². The molecule has 0 aromatic rings. The third-order valence-electron chi connectivity index (χ3n) is 2.08. The Morgan fingerprint density at radius 3 is 2.69 bits per heavy atom. The van der Waals surface area contributed by atoms with E-state index in [0.717, 1.165) is 23.5 Å². The van der Waals surface area contributed by atoms with Crippen LogP contribution in [0.25, 0.3) is 0 Å². The Morgan fingerprint density at radius 1 is 1.62 bits per heavy atom. The predicted molar refractivity (Wildman–Crippen MR) is 50.6 cm³/mol. The number of hydrogen-bond acceptors (Lipinski definition) is 2. The van der Waals surface area contributed by atoms with Gasteiger partial charge in [0, 0.05) is 32.7 Å². The first kappa shape index (κ1) is 13.1. The topological polar surface area (TPSA) is 15.6 Å². The molecule has 69 valence electrons. The first-order valence-corrected chi connectivity index (χ1v) is 4.04. The van der Waals surface area contributed by atoms with Crippen molar-refractivity contribution in [2.75, 3.05) is 13.6 Å². The number of hydrogen-bond donors (Lipinski definition) is 0. The van der Waals surface area contributed by atoms with Crippen molar-refractivity contribution in [3.8, 4) is 0 Å². The van der Waals surface area contributed by atoms with Crippen LogP contribution >= 0.6 is 0 Å². The maximum absolute atomic E-state index is 4.34. The van der Waals surface area contributed by atoms with Crippen LogP contribution in [-0.2, 0) is 32.7 Å². The number of amidine groups is 1. The fourth-order valence-corrected chi connectivity index (χ4v) is 0.972. The van der Waals surface area contributed by atoms with E-state index >= 15 is 0 Å². The largest absolute Gasteiger partial charge is 0.464 e.